The van der Waals surface area contributed by atoms with Crippen LogP contribution in [0.5, 0.6) is 11.6 Å². The van der Waals surface area contributed by atoms with Gasteiger partial charge in [0.15, 0.2) is 5.88 Å². The summed E-state index contributed by atoms with van der Waals surface area (Å²) in [5.74, 6) is 5.79. The summed E-state index contributed by atoms with van der Waals surface area (Å²) in [6, 6.07) is 9.92. The highest BCUT2D eigenvalue weighted by Gasteiger charge is 2.46. The van der Waals surface area contributed by atoms with Crippen LogP contribution in [0.1, 0.15) is 5.56 Å². The Labute approximate surface area is 182 Å². The Morgan fingerprint density at radius 1 is 1.12 bits per heavy atom. The number of carbonyl (C=O) groups is 2. The third-order valence-electron chi connectivity index (χ3n) is 5.31. The van der Waals surface area contributed by atoms with Crippen molar-refractivity contribution < 1.29 is 19.4 Å². The number of nitrogens with one attached hydrogen (secondary N) is 2. The smallest absolute Gasteiger partial charge is 0.323 e. The van der Waals surface area contributed by atoms with E-state index in [0.29, 0.717) is 22.2 Å². The number of benzene rings is 2. The summed E-state index contributed by atoms with van der Waals surface area (Å²) < 4.78 is 6.70. The topological polar surface area (TPSA) is 118 Å². The van der Waals surface area contributed by atoms with E-state index >= 15 is 0 Å². The molecule has 5 rings (SSSR count). The number of aromatic hydroxyl groups is 1. The zero-order valence-electron chi connectivity index (χ0n) is 16.9. The average Bonchev–Trinajstić information content (AvgIpc) is 3.26. The van der Waals surface area contributed by atoms with Crippen LogP contribution in [0.2, 0.25) is 0 Å². The molecule has 158 valence electrons. The molecule has 4 aromatic rings. The molecule has 0 saturated carbocycles. The Morgan fingerprint density at radius 3 is 2.69 bits per heavy atom. The Bertz CT molecular complexity index is 1470. The molecule has 3 N–H and O–H groups in total. The standard InChI is InChI=1S/C23H17N5O4/c1-32-16-4-3-15-12-28(20(29)17(15)11-16)13-23(21(30)26-22(31)27-23)7-6-14-2-5-18-19(10-14)25-9-8-24-18/h2-5,8-12,29H,13H2,1H3,(H2,26,27,30,31)/t23-/m1/s1. The van der Waals surface area contributed by atoms with Crippen molar-refractivity contribution in [2.45, 2.75) is 12.1 Å². The number of aromatic nitrogens is 3. The van der Waals surface area contributed by atoms with E-state index in [0.717, 1.165) is 10.9 Å². The predicted molar refractivity (Wildman–Crippen MR) is 116 cm³/mol. The number of imide groups is 1. The largest absolute Gasteiger partial charge is 0.497 e. The second-order valence-electron chi connectivity index (χ2n) is 7.36. The summed E-state index contributed by atoms with van der Waals surface area (Å²) in [6.45, 7) is -0.0895. The van der Waals surface area contributed by atoms with Gasteiger partial charge in [-0.25, -0.2) is 4.79 Å². The van der Waals surface area contributed by atoms with Crippen LogP contribution in [-0.2, 0) is 11.3 Å². The third kappa shape index (κ3) is 3.24. The van der Waals surface area contributed by atoms with Crippen molar-refractivity contribution in [2.75, 3.05) is 7.11 Å². The normalized spacial score (nSPS) is 17.7. The number of amides is 3. The number of nitrogens with zero attached hydrogens (tertiary/aromatic N) is 3. The lowest BCUT2D eigenvalue weighted by Gasteiger charge is -2.20. The maximum absolute atomic E-state index is 12.7. The monoisotopic (exact) mass is 427 g/mol. The first kappa shape index (κ1) is 19.4. The highest BCUT2D eigenvalue weighted by Crippen LogP contribution is 2.32. The van der Waals surface area contributed by atoms with Crippen LogP contribution >= 0.6 is 0 Å². The quantitative estimate of drug-likeness (QED) is 0.340. The van der Waals surface area contributed by atoms with Crippen LogP contribution in [0.4, 0.5) is 4.79 Å². The van der Waals surface area contributed by atoms with Gasteiger partial charge in [0.1, 0.15) is 5.75 Å². The number of hydrogen-bond acceptors (Lipinski definition) is 6. The van der Waals surface area contributed by atoms with Crippen molar-refractivity contribution in [3.8, 4) is 23.5 Å². The van der Waals surface area contributed by atoms with E-state index in [1.165, 1.54) is 11.7 Å². The van der Waals surface area contributed by atoms with Crippen LogP contribution in [0.15, 0.2) is 55.0 Å². The predicted octanol–water partition coefficient (Wildman–Crippen LogP) is 1.93. The maximum Gasteiger partial charge on any atom is 0.323 e. The van der Waals surface area contributed by atoms with E-state index in [1.807, 2.05) is 0 Å². The van der Waals surface area contributed by atoms with E-state index in [-0.39, 0.29) is 12.4 Å². The Morgan fingerprint density at radius 2 is 1.94 bits per heavy atom. The number of rotatable bonds is 3. The molecule has 2 aromatic heterocycles. The van der Waals surface area contributed by atoms with Gasteiger partial charge < -0.3 is 19.7 Å². The minimum absolute atomic E-state index is 0.0602. The van der Waals surface area contributed by atoms with Crippen molar-refractivity contribution in [2.24, 2.45) is 0 Å². The Hall–Kier alpha value is -4.58. The van der Waals surface area contributed by atoms with E-state index in [2.05, 4.69) is 32.4 Å². The van der Waals surface area contributed by atoms with Gasteiger partial charge in [0.25, 0.3) is 5.91 Å². The lowest BCUT2D eigenvalue weighted by Crippen LogP contribution is -2.49. The first-order valence-corrected chi connectivity index (χ1v) is 9.71. The maximum atomic E-state index is 12.7. The van der Waals surface area contributed by atoms with E-state index in [9.17, 15) is 14.7 Å². The summed E-state index contributed by atoms with van der Waals surface area (Å²) in [4.78, 5) is 33.2. The Balaban J connectivity index is 1.56. The van der Waals surface area contributed by atoms with E-state index < -0.39 is 17.5 Å². The average molecular weight is 427 g/mol. The highest BCUT2D eigenvalue weighted by atomic mass is 16.5. The molecule has 3 amide bonds. The fourth-order valence-corrected chi connectivity index (χ4v) is 3.68. The van der Waals surface area contributed by atoms with Crippen LogP contribution in [0.3, 0.4) is 0 Å². The van der Waals surface area contributed by atoms with Gasteiger partial charge in [0, 0.05) is 34.9 Å². The SMILES string of the molecule is COc1ccc2cn(C[C@@]3(C#Cc4ccc5nccnc5c4)NC(=O)NC3=O)c(O)c2c1. The molecule has 1 aliphatic heterocycles. The number of methoxy groups -OCH3 is 1. The van der Waals surface area contributed by atoms with E-state index in [1.54, 1.807) is 55.0 Å². The van der Waals surface area contributed by atoms with Crippen molar-refractivity contribution >= 4 is 33.7 Å². The van der Waals surface area contributed by atoms with Crippen LogP contribution in [-0.4, -0.2) is 44.2 Å². The minimum Gasteiger partial charge on any atom is -0.497 e. The third-order valence-corrected chi connectivity index (χ3v) is 5.31. The molecule has 1 fully saturated rings. The van der Waals surface area contributed by atoms with Gasteiger partial charge >= 0.3 is 6.03 Å². The molecule has 0 unspecified atom stereocenters. The molecule has 0 bridgehead atoms. The molecule has 32 heavy (non-hydrogen) atoms. The molecule has 0 aliphatic carbocycles. The first-order valence-electron chi connectivity index (χ1n) is 9.71. The van der Waals surface area contributed by atoms with Crippen molar-refractivity contribution in [3.05, 3.63) is 60.6 Å². The molecule has 9 heteroatoms. The summed E-state index contributed by atoms with van der Waals surface area (Å²) in [7, 11) is 1.54. The van der Waals surface area contributed by atoms with Crippen LogP contribution in [0, 0.1) is 11.8 Å². The molecular formula is C23H17N5O4. The molecule has 9 nitrogen and oxygen atoms in total. The summed E-state index contributed by atoms with van der Waals surface area (Å²) >= 11 is 0. The lowest BCUT2D eigenvalue weighted by atomic mass is 9.99. The van der Waals surface area contributed by atoms with Gasteiger partial charge in [0.05, 0.1) is 24.7 Å². The fraction of sp³-hybridized carbons (Fsp3) is 0.130. The second kappa shape index (κ2) is 7.28. The summed E-state index contributed by atoms with van der Waals surface area (Å²) in [5, 5.41) is 16.9. The van der Waals surface area contributed by atoms with Crippen molar-refractivity contribution in [1.29, 1.82) is 0 Å². The van der Waals surface area contributed by atoms with Gasteiger partial charge in [-0.05, 0) is 36.4 Å². The Kier molecular flexibility index (Phi) is 4.41. The van der Waals surface area contributed by atoms with Crippen molar-refractivity contribution in [1.82, 2.24) is 25.2 Å². The summed E-state index contributed by atoms with van der Waals surface area (Å²) in [5.41, 5.74) is 0.430. The van der Waals surface area contributed by atoms with Crippen LogP contribution in [0.25, 0.3) is 21.8 Å². The number of ether oxygens (including phenoxy) is 1. The molecule has 1 atom stereocenters. The van der Waals surface area contributed by atoms with Gasteiger partial charge in [-0.3, -0.25) is 20.1 Å². The number of fused-ring (bicyclic) bond motifs is 2. The molecular weight excluding hydrogens is 410 g/mol. The van der Waals surface area contributed by atoms with Gasteiger partial charge in [0.2, 0.25) is 5.54 Å². The first-order chi connectivity index (χ1) is 15.5. The summed E-state index contributed by atoms with van der Waals surface area (Å²) in [6.07, 6.45) is 4.88. The molecule has 1 saturated heterocycles. The minimum atomic E-state index is -1.56. The number of carbonyl (C=O) groups excluding carboxylic acids is 2. The van der Waals surface area contributed by atoms with Gasteiger partial charge in [-0.2, -0.15) is 0 Å². The van der Waals surface area contributed by atoms with Crippen molar-refractivity contribution in [3.63, 3.8) is 0 Å². The molecule has 1 aliphatic rings. The number of urea groups is 1. The van der Waals surface area contributed by atoms with E-state index in [4.69, 9.17) is 4.74 Å². The van der Waals surface area contributed by atoms with Crippen LogP contribution < -0.4 is 15.4 Å². The molecule has 0 radical (unpaired) electrons. The lowest BCUT2D eigenvalue weighted by molar-refractivity contribution is -0.122. The fourth-order valence-electron chi connectivity index (χ4n) is 3.68. The second-order valence-corrected chi connectivity index (χ2v) is 7.36. The zero-order chi connectivity index (χ0) is 22.3. The molecule has 0 spiro atoms. The zero-order valence-corrected chi connectivity index (χ0v) is 16.9. The molecule has 2 aromatic carbocycles. The van der Waals surface area contributed by atoms with Gasteiger partial charge in [-0.15, -0.1) is 0 Å². The number of hydrogen-bond donors (Lipinski definition) is 3. The van der Waals surface area contributed by atoms with Gasteiger partial charge in [-0.1, -0.05) is 11.8 Å². The molecule has 3 heterocycles. The highest BCUT2D eigenvalue weighted by molar-refractivity contribution is 6.09.